The monoisotopic (exact) mass is 362 g/mol. The molecule has 0 spiro atoms. The van der Waals surface area contributed by atoms with Gasteiger partial charge in [0.1, 0.15) is 5.82 Å². The summed E-state index contributed by atoms with van der Waals surface area (Å²) >= 11 is 2.18. The van der Waals surface area contributed by atoms with Gasteiger partial charge in [-0.15, -0.1) is 0 Å². The average molecular weight is 362 g/mol. The van der Waals surface area contributed by atoms with Gasteiger partial charge in [-0.1, -0.05) is 0 Å². The number of carboxylic acids is 1. The molecule has 2 heterocycles. The number of hydrogen-bond donors (Lipinski definition) is 2. The van der Waals surface area contributed by atoms with Crippen LogP contribution in [0.5, 0.6) is 0 Å². The fourth-order valence-electron chi connectivity index (χ4n) is 2.07. The Hall–Kier alpha value is -1.12. The number of aliphatic carboxylic acids is 1. The van der Waals surface area contributed by atoms with E-state index in [0.717, 1.165) is 28.8 Å². The minimum atomic E-state index is -0.724. The maximum Gasteiger partial charge on any atom is 0.308 e. The molecule has 18 heavy (non-hydrogen) atoms. The molecule has 0 bridgehead atoms. The predicted molar refractivity (Wildman–Crippen MR) is 76.9 cm³/mol. The van der Waals surface area contributed by atoms with E-state index < -0.39 is 5.97 Å². The van der Waals surface area contributed by atoms with Crippen molar-refractivity contribution < 1.29 is 9.90 Å². The molecule has 0 amide bonds. The summed E-state index contributed by atoms with van der Waals surface area (Å²) in [6.07, 6.45) is 3.37. The van der Waals surface area contributed by atoms with Crippen LogP contribution in [0.1, 0.15) is 12.8 Å². The highest BCUT2D eigenvalue weighted by Crippen LogP contribution is 2.26. The normalized spacial score (nSPS) is 19.7. The Morgan fingerprint density at radius 3 is 3.11 bits per heavy atom. The van der Waals surface area contributed by atoms with E-state index >= 15 is 0 Å². The van der Waals surface area contributed by atoms with E-state index in [0.29, 0.717) is 12.5 Å². The van der Waals surface area contributed by atoms with Gasteiger partial charge in [0, 0.05) is 26.3 Å². The second kappa shape index (κ2) is 5.68. The standard InChI is InChI=1S/C11H15IN4O2/c1-13-11-14-5-8(12)9(15-11)16-4-2-3-7(6-16)10(17)18/h5,7H,2-4,6H2,1H3,(H,17,18)(H,13,14,15). The van der Waals surface area contributed by atoms with Gasteiger partial charge in [0.05, 0.1) is 9.49 Å². The highest BCUT2D eigenvalue weighted by Gasteiger charge is 2.27. The van der Waals surface area contributed by atoms with Gasteiger partial charge in [-0.3, -0.25) is 4.79 Å². The lowest BCUT2D eigenvalue weighted by atomic mass is 9.98. The molecule has 0 aliphatic carbocycles. The predicted octanol–water partition coefficient (Wildman–Crippen LogP) is 1.42. The first-order valence-electron chi connectivity index (χ1n) is 5.80. The molecular formula is C11H15IN4O2. The Labute approximate surface area is 119 Å². The van der Waals surface area contributed by atoms with Crippen LogP contribution in [0.25, 0.3) is 0 Å². The average Bonchev–Trinajstić information content (AvgIpc) is 2.39. The largest absolute Gasteiger partial charge is 0.481 e. The summed E-state index contributed by atoms with van der Waals surface area (Å²) in [6.45, 7) is 1.37. The Morgan fingerprint density at radius 1 is 1.67 bits per heavy atom. The van der Waals surface area contributed by atoms with Crippen molar-refractivity contribution >= 4 is 40.3 Å². The van der Waals surface area contributed by atoms with Crippen LogP contribution in [0.2, 0.25) is 0 Å². The zero-order valence-corrected chi connectivity index (χ0v) is 12.2. The minimum Gasteiger partial charge on any atom is -0.481 e. The van der Waals surface area contributed by atoms with Crippen LogP contribution in [0.3, 0.4) is 0 Å². The van der Waals surface area contributed by atoms with Crippen LogP contribution < -0.4 is 10.2 Å². The zero-order chi connectivity index (χ0) is 13.1. The second-order valence-electron chi connectivity index (χ2n) is 4.24. The molecule has 0 aromatic carbocycles. The highest BCUT2D eigenvalue weighted by atomic mass is 127. The van der Waals surface area contributed by atoms with Crippen LogP contribution in [-0.2, 0) is 4.79 Å². The number of piperidine rings is 1. The third-order valence-electron chi connectivity index (χ3n) is 3.02. The lowest BCUT2D eigenvalue weighted by molar-refractivity contribution is -0.141. The van der Waals surface area contributed by atoms with E-state index in [2.05, 4.69) is 37.9 Å². The molecule has 7 heteroatoms. The molecule has 0 saturated carbocycles. The van der Waals surface area contributed by atoms with Crippen LogP contribution >= 0.6 is 22.6 Å². The molecule has 1 aromatic heterocycles. The molecule has 0 radical (unpaired) electrons. The summed E-state index contributed by atoms with van der Waals surface area (Å²) in [7, 11) is 1.77. The van der Waals surface area contributed by atoms with Crippen molar-refractivity contribution in [2.75, 3.05) is 30.4 Å². The van der Waals surface area contributed by atoms with Gasteiger partial charge >= 0.3 is 5.97 Å². The van der Waals surface area contributed by atoms with Crippen LogP contribution in [0.15, 0.2) is 6.20 Å². The molecule has 98 valence electrons. The first kappa shape index (κ1) is 13.3. The maximum absolute atomic E-state index is 11.1. The summed E-state index contributed by atoms with van der Waals surface area (Å²) in [6, 6.07) is 0. The number of anilines is 2. The van der Waals surface area contributed by atoms with Crippen LogP contribution in [-0.4, -0.2) is 41.2 Å². The quantitative estimate of drug-likeness (QED) is 0.792. The van der Waals surface area contributed by atoms with Crippen LogP contribution in [0.4, 0.5) is 11.8 Å². The molecule has 1 fully saturated rings. The summed E-state index contributed by atoms with van der Waals surface area (Å²) in [5.74, 6) is 0.351. The maximum atomic E-state index is 11.1. The molecule has 1 aliphatic rings. The van der Waals surface area contributed by atoms with Crippen molar-refractivity contribution in [3.63, 3.8) is 0 Å². The molecule has 1 unspecified atom stereocenters. The van der Waals surface area contributed by atoms with Gasteiger partial charge < -0.3 is 15.3 Å². The van der Waals surface area contributed by atoms with Gasteiger partial charge in [0.25, 0.3) is 0 Å². The summed E-state index contributed by atoms with van der Waals surface area (Å²) in [4.78, 5) is 21.6. The number of carbonyl (C=O) groups is 1. The van der Waals surface area contributed by atoms with Gasteiger partial charge in [0.15, 0.2) is 0 Å². The molecule has 2 rings (SSSR count). The van der Waals surface area contributed by atoms with Crippen molar-refractivity contribution in [2.24, 2.45) is 5.92 Å². The molecule has 6 nitrogen and oxygen atoms in total. The molecule has 1 aliphatic heterocycles. The van der Waals surface area contributed by atoms with Crippen LogP contribution in [0, 0.1) is 9.49 Å². The zero-order valence-electron chi connectivity index (χ0n) is 10.1. The highest BCUT2D eigenvalue weighted by molar-refractivity contribution is 14.1. The van der Waals surface area contributed by atoms with Crippen molar-refractivity contribution in [1.82, 2.24) is 9.97 Å². The minimum absolute atomic E-state index is 0.303. The first-order chi connectivity index (χ1) is 8.61. The van der Waals surface area contributed by atoms with Gasteiger partial charge in [-0.25, -0.2) is 4.98 Å². The van der Waals surface area contributed by atoms with E-state index in [4.69, 9.17) is 5.11 Å². The Balaban J connectivity index is 2.22. The number of rotatable bonds is 3. The Kier molecular flexibility index (Phi) is 4.20. The fourth-order valence-corrected chi connectivity index (χ4v) is 2.67. The summed E-state index contributed by atoms with van der Waals surface area (Å²) in [5, 5.41) is 12.0. The third kappa shape index (κ3) is 2.82. The summed E-state index contributed by atoms with van der Waals surface area (Å²) in [5.41, 5.74) is 0. The number of nitrogens with one attached hydrogen (secondary N) is 1. The number of aromatic nitrogens is 2. The van der Waals surface area contributed by atoms with Crippen molar-refractivity contribution in [3.8, 4) is 0 Å². The summed E-state index contributed by atoms with van der Waals surface area (Å²) < 4.78 is 0.942. The topological polar surface area (TPSA) is 78.4 Å². The molecule has 1 saturated heterocycles. The van der Waals surface area contributed by atoms with Gasteiger partial charge in [-0.2, -0.15) is 4.98 Å². The Bertz CT molecular complexity index is 455. The van der Waals surface area contributed by atoms with E-state index in [1.54, 1.807) is 13.2 Å². The lowest BCUT2D eigenvalue weighted by Crippen LogP contribution is -2.39. The molecular weight excluding hydrogens is 347 g/mol. The number of carboxylic acid groups (broad SMARTS) is 1. The van der Waals surface area contributed by atoms with E-state index in [1.165, 1.54) is 0 Å². The third-order valence-corrected chi connectivity index (χ3v) is 3.78. The van der Waals surface area contributed by atoms with Crippen molar-refractivity contribution in [1.29, 1.82) is 0 Å². The van der Waals surface area contributed by atoms with Gasteiger partial charge in [-0.05, 0) is 35.4 Å². The van der Waals surface area contributed by atoms with E-state index in [9.17, 15) is 4.79 Å². The van der Waals surface area contributed by atoms with E-state index in [-0.39, 0.29) is 5.92 Å². The molecule has 1 atom stereocenters. The number of hydrogen-bond acceptors (Lipinski definition) is 5. The smallest absolute Gasteiger partial charge is 0.308 e. The molecule has 2 N–H and O–H groups in total. The molecule has 1 aromatic rings. The lowest BCUT2D eigenvalue weighted by Gasteiger charge is -2.32. The SMILES string of the molecule is CNc1ncc(I)c(N2CCCC(C(=O)O)C2)n1. The van der Waals surface area contributed by atoms with Crippen molar-refractivity contribution in [2.45, 2.75) is 12.8 Å². The Morgan fingerprint density at radius 2 is 2.44 bits per heavy atom. The fraction of sp³-hybridized carbons (Fsp3) is 0.545. The van der Waals surface area contributed by atoms with Crippen molar-refractivity contribution in [3.05, 3.63) is 9.77 Å². The van der Waals surface area contributed by atoms with Gasteiger partial charge in [0.2, 0.25) is 5.95 Å². The number of halogens is 1. The van der Waals surface area contributed by atoms with E-state index in [1.807, 2.05) is 4.90 Å². The second-order valence-corrected chi connectivity index (χ2v) is 5.40. The number of nitrogens with zero attached hydrogens (tertiary/aromatic N) is 3. The first-order valence-corrected chi connectivity index (χ1v) is 6.87.